The summed E-state index contributed by atoms with van der Waals surface area (Å²) < 4.78 is 10.8. The largest absolute Gasteiger partial charge is 0.453 e. The number of aromatic nitrogens is 6. The summed E-state index contributed by atoms with van der Waals surface area (Å²) in [5.41, 5.74) is 12.7. The molecule has 0 bridgehead atoms. The second-order valence-corrected chi connectivity index (χ2v) is 12.8. The lowest BCUT2D eigenvalue weighted by Gasteiger charge is -2.09. The van der Waals surface area contributed by atoms with E-state index in [0.29, 0.717) is 0 Å². The van der Waals surface area contributed by atoms with E-state index in [-0.39, 0.29) is 0 Å². The van der Waals surface area contributed by atoms with Crippen LogP contribution >= 0.6 is 0 Å². The summed E-state index contributed by atoms with van der Waals surface area (Å²) in [6.45, 7) is 0. The fourth-order valence-corrected chi connectivity index (χ4v) is 7.65. The SMILES string of the molecule is c1ccc(-n2c3ccccc3c3ccc(-c4cc5c(cn4)oc4cnc(-c6ccc7c8nnccc8n(-c8ccccc8)c7c6)cc45)cc32)cc1. The van der Waals surface area contributed by atoms with E-state index in [4.69, 9.17) is 14.4 Å². The van der Waals surface area contributed by atoms with Gasteiger partial charge in [0.1, 0.15) is 5.52 Å². The van der Waals surface area contributed by atoms with Gasteiger partial charge in [-0.25, -0.2) is 0 Å². The summed E-state index contributed by atoms with van der Waals surface area (Å²) in [6.07, 6.45) is 5.38. The molecule has 0 aliphatic carbocycles. The van der Waals surface area contributed by atoms with Gasteiger partial charge in [0, 0.05) is 49.4 Å². The number of hydrogen-bond acceptors (Lipinski definition) is 5. The van der Waals surface area contributed by atoms with Gasteiger partial charge in [-0.05, 0) is 66.7 Å². The molecule has 0 amide bonds. The van der Waals surface area contributed by atoms with E-state index >= 15 is 0 Å². The van der Waals surface area contributed by atoms with Crippen molar-refractivity contribution in [3.05, 3.63) is 158 Å². The molecule has 0 radical (unpaired) electrons. The Morgan fingerprint density at radius 2 is 0.980 bits per heavy atom. The van der Waals surface area contributed by atoms with Crippen molar-refractivity contribution in [3.63, 3.8) is 0 Å². The second-order valence-electron chi connectivity index (χ2n) is 12.8. The van der Waals surface area contributed by atoms with Crippen LogP contribution in [0.15, 0.2) is 163 Å². The first-order valence-corrected chi connectivity index (χ1v) is 16.9. The van der Waals surface area contributed by atoms with Crippen LogP contribution in [0.4, 0.5) is 0 Å². The molecule has 0 saturated heterocycles. The highest BCUT2D eigenvalue weighted by atomic mass is 16.3. The van der Waals surface area contributed by atoms with Gasteiger partial charge in [-0.3, -0.25) is 9.97 Å². The lowest BCUT2D eigenvalue weighted by Crippen LogP contribution is -1.94. The van der Waals surface area contributed by atoms with Gasteiger partial charge >= 0.3 is 0 Å². The first-order valence-electron chi connectivity index (χ1n) is 16.9. The summed E-state index contributed by atoms with van der Waals surface area (Å²) in [6, 6.07) is 48.8. The Hall–Kier alpha value is -7.12. The third kappa shape index (κ3) is 4.18. The topological polar surface area (TPSA) is 74.6 Å². The molecule has 6 aromatic heterocycles. The van der Waals surface area contributed by atoms with E-state index in [1.807, 2.05) is 24.5 Å². The number of nitrogens with zero attached hydrogens (tertiary/aromatic N) is 6. The van der Waals surface area contributed by atoms with Gasteiger partial charge in [-0.2, -0.15) is 5.10 Å². The van der Waals surface area contributed by atoms with Gasteiger partial charge in [-0.15, -0.1) is 5.10 Å². The molecule has 7 heteroatoms. The Labute approximate surface area is 290 Å². The van der Waals surface area contributed by atoms with Crippen molar-refractivity contribution in [1.82, 2.24) is 29.3 Å². The van der Waals surface area contributed by atoms with E-state index in [0.717, 1.165) is 83.3 Å². The van der Waals surface area contributed by atoms with Gasteiger partial charge in [0.2, 0.25) is 0 Å². The molecule has 0 aliphatic heterocycles. The highest BCUT2D eigenvalue weighted by Gasteiger charge is 2.18. The van der Waals surface area contributed by atoms with Crippen LogP contribution in [0, 0.1) is 0 Å². The molecule has 11 aromatic rings. The van der Waals surface area contributed by atoms with Crippen LogP contribution in [0.25, 0.3) is 99.6 Å². The zero-order valence-electron chi connectivity index (χ0n) is 27.1. The Morgan fingerprint density at radius 1 is 0.431 bits per heavy atom. The zero-order chi connectivity index (χ0) is 33.5. The predicted molar refractivity (Wildman–Crippen MR) is 204 cm³/mol. The van der Waals surface area contributed by atoms with Crippen molar-refractivity contribution < 1.29 is 4.42 Å². The molecule has 0 unspecified atom stereocenters. The van der Waals surface area contributed by atoms with Crippen molar-refractivity contribution in [2.24, 2.45) is 0 Å². The molecule has 0 spiro atoms. The second kappa shape index (κ2) is 10.7. The average Bonchev–Trinajstić information content (AvgIpc) is 3.85. The zero-order valence-corrected chi connectivity index (χ0v) is 27.1. The number of furan rings is 1. The van der Waals surface area contributed by atoms with Crippen molar-refractivity contribution in [1.29, 1.82) is 0 Å². The lowest BCUT2D eigenvalue weighted by molar-refractivity contribution is 0.665. The first kappa shape index (κ1) is 27.8. The summed E-state index contributed by atoms with van der Waals surface area (Å²) in [5.74, 6) is 0. The fourth-order valence-electron chi connectivity index (χ4n) is 7.65. The molecule has 6 heterocycles. The smallest absolute Gasteiger partial charge is 0.153 e. The van der Waals surface area contributed by atoms with Crippen LogP contribution in [0.1, 0.15) is 0 Å². The molecular weight excluding hydrogens is 629 g/mol. The maximum atomic E-state index is 6.26. The van der Waals surface area contributed by atoms with Crippen molar-refractivity contribution in [3.8, 4) is 33.9 Å². The van der Waals surface area contributed by atoms with Crippen molar-refractivity contribution in [2.75, 3.05) is 0 Å². The molecule has 0 fully saturated rings. The quantitative estimate of drug-likeness (QED) is 0.189. The van der Waals surface area contributed by atoms with E-state index < -0.39 is 0 Å². The Bertz CT molecular complexity index is 2930. The molecule has 0 N–H and O–H groups in total. The van der Waals surface area contributed by atoms with Gasteiger partial charge < -0.3 is 13.6 Å². The average molecular weight is 655 g/mol. The van der Waals surface area contributed by atoms with Crippen molar-refractivity contribution in [2.45, 2.75) is 0 Å². The number of pyridine rings is 2. The Morgan fingerprint density at radius 3 is 1.65 bits per heavy atom. The third-order valence-corrected chi connectivity index (χ3v) is 9.97. The number of hydrogen-bond donors (Lipinski definition) is 0. The van der Waals surface area contributed by atoms with E-state index in [1.54, 1.807) is 6.20 Å². The van der Waals surface area contributed by atoms with Gasteiger partial charge in [0.25, 0.3) is 0 Å². The lowest BCUT2D eigenvalue weighted by atomic mass is 10.0. The summed E-state index contributed by atoms with van der Waals surface area (Å²) in [7, 11) is 0. The Kier molecular flexibility index (Phi) is 5.83. The molecule has 238 valence electrons. The van der Waals surface area contributed by atoms with E-state index in [1.165, 1.54) is 16.3 Å². The first-order chi connectivity index (χ1) is 25.3. The maximum absolute atomic E-state index is 6.26. The molecular formula is C44H26N6O. The molecule has 7 nitrogen and oxygen atoms in total. The van der Waals surface area contributed by atoms with Crippen LogP contribution in [-0.2, 0) is 0 Å². The van der Waals surface area contributed by atoms with E-state index in [2.05, 4.69) is 147 Å². The number of fused-ring (bicyclic) bond motifs is 9. The maximum Gasteiger partial charge on any atom is 0.153 e. The minimum Gasteiger partial charge on any atom is -0.453 e. The summed E-state index contributed by atoms with van der Waals surface area (Å²) >= 11 is 0. The van der Waals surface area contributed by atoms with Crippen LogP contribution in [0.3, 0.4) is 0 Å². The summed E-state index contributed by atoms with van der Waals surface area (Å²) in [5, 5.41) is 14.2. The van der Waals surface area contributed by atoms with Crippen molar-refractivity contribution >= 4 is 65.7 Å². The minimum atomic E-state index is 0.724. The molecule has 11 rings (SSSR count). The number of rotatable bonds is 4. The Balaban J connectivity index is 1.07. The van der Waals surface area contributed by atoms with Gasteiger partial charge in [-0.1, -0.05) is 72.8 Å². The van der Waals surface area contributed by atoms with Crippen LogP contribution in [0.5, 0.6) is 0 Å². The fraction of sp³-hybridized carbons (Fsp3) is 0. The van der Waals surface area contributed by atoms with Crippen LogP contribution < -0.4 is 0 Å². The van der Waals surface area contributed by atoms with Crippen LogP contribution in [0.2, 0.25) is 0 Å². The highest BCUT2D eigenvalue weighted by Crippen LogP contribution is 2.38. The normalized spacial score (nSPS) is 11.9. The molecule has 0 saturated carbocycles. The van der Waals surface area contributed by atoms with Crippen LogP contribution in [-0.4, -0.2) is 29.3 Å². The molecule has 5 aromatic carbocycles. The van der Waals surface area contributed by atoms with Gasteiger partial charge in [0.15, 0.2) is 11.2 Å². The van der Waals surface area contributed by atoms with Gasteiger partial charge in [0.05, 0.1) is 52.0 Å². The minimum absolute atomic E-state index is 0.724. The standard InChI is InChI=1S/C44H26N6O/c1-3-9-29(10-4-1)49-38-14-8-7-13-31(38)32-17-15-27(21-40(32)49)36-23-34-35-24-37(46-26-43(35)51-42(34)25-45-36)28-16-18-33-41(22-28)50(30-11-5-2-6-12-30)39-19-20-47-48-44(33)39/h1-26H. The third-order valence-electron chi connectivity index (χ3n) is 9.97. The predicted octanol–water partition coefficient (Wildman–Crippen LogP) is 10.7. The summed E-state index contributed by atoms with van der Waals surface area (Å²) in [4.78, 5) is 9.73. The molecule has 0 aliphatic rings. The molecule has 51 heavy (non-hydrogen) atoms. The monoisotopic (exact) mass is 654 g/mol. The van der Waals surface area contributed by atoms with E-state index in [9.17, 15) is 0 Å². The molecule has 0 atom stereocenters. The number of benzene rings is 5. The highest BCUT2D eigenvalue weighted by molar-refractivity contribution is 6.11. The number of para-hydroxylation sites is 3.